The zero-order chi connectivity index (χ0) is 32.0. The zero-order valence-electron chi connectivity index (χ0n) is 28.7. The second kappa shape index (κ2) is 22.6. The van der Waals surface area contributed by atoms with E-state index in [4.69, 9.17) is 9.47 Å². The van der Waals surface area contributed by atoms with Crippen molar-refractivity contribution in [2.75, 3.05) is 6.61 Å². The van der Waals surface area contributed by atoms with E-state index in [0.29, 0.717) is 11.3 Å². The molecule has 0 aliphatic carbocycles. The normalized spacial score (nSPS) is 11.9. The Hall–Kier alpha value is -2.91. The average molecular weight is 613 g/mol. The fourth-order valence-corrected chi connectivity index (χ4v) is 5.87. The van der Waals surface area contributed by atoms with Crippen molar-refractivity contribution in [3.05, 3.63) is 89.5 Å². The molecule has 0 bridgehead atoms. The molecule has 0 aliphatic heterocycles. The number of hydrogen-bond donors (Lipinski definition) is 0. The van der Waals surface area contributed by atoms with Crippen LogP contribution in [0.4, 0.5) is 0 Å². The van der Waals surface area contributed by atoms with Crippen molar-refractivity contribution in [1.82, 2.24) is 0 Å². The predicted molar refractivity (Wildman–Crippen MR) is 191 cm³/mol. The zero-order valence-corrected chi connectivity index (χ0v) is 28.7. The van der Waals surface area contributed by atoms with E-state index in [1.807, 2.05) is 48.5 Å². The summed E-state index contributed by atoms with van der Waals surface area (Å²) in [5, 5.41) is 0. The highest BCUT2D eigenvalue weighted by Gasteiger charge is 2.11. The van der Waals surface area contributed by atoms with Gasteiger partial charge in [0.1, 0.15) is 5.75 Å². The first-order valence-corrected chi connectivity index (χ1v) is 18.2. The Kier molecular flexibility index (Phi) is 18.3. The van der Waals surface area contributed by atoms with E-state index in [-0.39, 0.29) is 12.1 Å². The van der Waals surface area contributed by atoms with Gasteiger partial charge in [0.2, 0.25) is 0 Å². The van der Waals surface area contributed by atoms with Crippen LogP contribution in [0.5, 0.6) is 5.75 Å². The molecule has 0 amide bonds. The number of unbranched alkanes of at least 4 members (excludes halogenated alkanes) is 15. The number of hydrogen-bond acceptors (Lipinski definition) is 3. The summed E-state index contributed by atoms with van der Waals surface area (Å²) in [5.41, 5.74) is 5.29. The molecule has 246 valence electrons. The second-order valence-electron chi connectivity index (χ2n) is 12.8. The summed E-state index contributed by atoms with van der Waals surface area (Å²) in [4.78, 5) is 12.8. The molecule has 3 aromatic carbocycles. The molecular formula is C42H60O3. The molecule has 0 N–H and O–H groups in total. The summed E-state index contributed by atoms with van der Waals surface area (Å²) in [6.45, 7) is 7.38. The largest absolute Gasteiger partial charge is 0.423 e. The Labute approximate surface area is 275 Å². The van der Waals surface area contributed by atoms with Gasteiger partial charge < -0.3 is 9.47 Å². The molecule has 0 fully saturated rings. The van der Waals surface area contributed by atoms with E-state index in [1.54, 1.807) is 0 Å². The van der Waals surface area contributed by atoms with Gasteiger partial charge in [-0.15, -0.1) is 0 Å². The van der Waals surface area contributed by atoms with Gasteiger partial charge in [-0.1, -0.05) is 159 Å². The van der Waals surface area contributed by atoms with E-state index in [9.17, 15) is 4.79 Å². The van der Waals surface area contributed by atoms with Crippen molar-refractivity contribution in [3.63, 3.8) is 0 Å². The van der Waals surface area contributed by atoms with Crippen molar-refractivity contribution >= 4 is 5.97 Å². The van der Waals surface area contributed by atoms with E-state index < -0.39 is 0 Å². The van der Waals surface area contributed by atoms with E-state index in [2.05, 4.69) is 45.0 Å². The van der Waals surface area contributed by atoms with Gasteiger partial charge in [-0.05, 0) is 72.7 Å². The van der Waals surface area contributed by atoms with E-state index >= 15 is 0 Å². The molecule has 1 atom stereocenters. The first-order chi connectivity index (χ1) is 22.1. The number of aryl methyl sites for hydroxylation is 1. The lowest BCUT2D eigenvalue weighted by Crippen LogP contribution is -2.09. The van der Waals surface area contributed by atoms with Crippen molar-refractivity contribution in [1.29, 1.82) is 0 Å². The summed E-state index contributed by atoms with van der Waals surface area (Å²) >= 11 is 0. The third kappa shape index (κ3) is 14.8. The molecule has 3 aromatic rings. The van der Waals surface area contributed by atoms with Gasteiger partial charge in [0, 0.05) is 6.61 Å². The van der Waals surface area contributed by atoms with Crippen LogP contribution in [0, 0.1) is 0 Å². The number of carbonyl (C=O) groups excluding carboxylic acids is 1. The SMILES string of the molecule is CCCCCCCCCCCCCCCCOC(C)c1ccc(C(=O)Oc2ccc(-c3ccc(CCCCC)cc3)cc2)cc1. The summed E-state index contributed by atoms with van der Waals surface area (Å²) in [7, 11) is 0. The summed E-state index contributed by atoms with van der Waals surface area (Å²) in [6.07, 6.45) is 24.0. The van der Waals surface area contributed by atoms with Crippen LogP contribution < -0.4 is 4.74 Å². The third-order valence-electron chi connectivity index (χ3n) is 8.90. The lowest BCUT2D eigenvalue weighted by atomic mass is 10.0. The fraction of sp³-hybridized carbons (Fsp3) is 0.548. The topological polar surface area (TPSA) is 35.5 Å². The fourth-order valence-electron chi connectivity index (χ4n) is 5.87. The van der Waals surface area contributed by atoms with Crippen LogP contribution in [0.15, 0.2) is 72.8 Å². The van der Waals surface area contributed by atoms with Crippen LogP contribution in [0.1, 0.15) is 158 Å². The molecule has 0 aromatic heterocycles. The Balaban J connectivity index is 1.27. The molecule has 3 nitrogen and oxygen atoms in total. The lowest BCUT2D eigenvalue weighted by Gasteiger charge is -2.14. The molecule has 1 unspecified atom stereocenters. The molecule has 0 heterocycles. The standard InChI is InChI=1S/C42H60O3/c1-4-6-8-9-10-11-12-13-14-15-16-17-18-20-34-44-35(3)37-26-28-40(29-27-37)42(43)45-41-32-30-39(31-33-41)38-24-22-36(23-25-38)21-19-7-5-2/h22-33,35H,4-21,34H2,1-3H3. The number of rotatable bonds is 24. The van der Waals surface area contributed by atoms with Crippen molar-refractivity contribution in [2.45, 2.75) is 142 Å². The number of benzene rings is 3. The first kappa shape index (κ1) is 36.6. The van der Waals surface area contributed by atoms with Gasteiger partial charge in [-0.3, -0.25) is 0 Å². The molecule has 3 heteroatoms. The Morgan fingerprint density at radius 1 is 0.556 bits per heavy atom. The van der Waals surface area contributed by atoms with E-state index in [1.165, 1.54) is 114 Å². The quantitative estimate of drug-likeness (QED) is 0.0573. The molecule has 0 radical (unpaired) electrons. The Morgan fingerprint density at radius 2 is 1.02 bits per heavy atom. The molecule has 0 saturated carbocycles. The first-order valence-electron chi connectivity index (χ1n) is 18.2. The van der Waals surface area contributed by atoms with Crippen LogP contribution in [0.3, 0.4) is 0 Å². The van der Waals surface area contributed by atoms with Gasteiger partial charge in [0.15, 0.2) is 0 Å². The van der Waals surface area contributed by atoms with Crippen molar-refractivity contribution in [3.8, 4) is 16.9 Å². The van der Waals surface area contributed by atoms with Crippen molar-refractivity contribution < 1.29 is 14.3 Å². The molecule has 0 aliphatic rings. The van der Waals surface area contributed by atoms with Crippen molar-refractivity contribution in [2.24, 2.45) is 0 Å². The van der Waals surface area contributed by atoms with Gasteiger partial charge in [0.05, 0.1) is 11.7 Å². The molecule has 0 saturated heterocycles. The highest BCUT2D eigenvalue weighted by Crippen LogP contribution is 2.25. The second-order valence-corrected chi connectivity index (χ2v) is 12.8. The highest BCUT2D eigenvalue weighted by atomic mass is 16.5. The van der Waals surface area contributed by atoms with Crippen LogP contribution in [0.2, 0.25) is 0 Å². The number of esters is 1. The molecule has 0 spiro atoms. The minimum Gasteiger partial charge on any atom is -0.423 e. The molecule has 45 heavy (non-hydrogen) atoms. The monoisotopic (exact) mass is 612 g/mol. The summed E-state index contributed by atoms with van der Waals surface area (Å²) < 4.78 is 11.7. The van der Waals surface area contributed by atoms with Crippen LogP contribution in [-0.2, 0) is 11.2 Å². The van der Waals surface area contributed by atoms with Gasteiger partial charge >= 0.3 is 5.97 Å². The third-order valence-corrected chi connectivity index (χ3v) is 8.90. The lowest BCUT2D eigenvalue weighted by molar-refractivity contribution is 0.0626. The summed E-state index contributed by atoms with van der Waals surface area (Å²) in [6, 6.07) is 24.1. The maximum atomic E-state index is 12.8. The number of carbonyl (C=O) groups is 1. The Bertz CT molecular complexity index is 1160. The number of ether oxygens (including phenoxy) is 2. The maximum absolute atomic E-state index is 12.8. The van der Waals surface area contributed by atoms with Gasteiger partial charge in [-0.25, -0.2) is 4.79 Å². The average Bonchev–Trinajstić information content (AvgIpc) is 3.07. The maximum Gasteiger partial charge on any atom is 0.343 e. The smallest absolute Gasteiger partial charge is 0.343 e. The van der Waals surface area contributed by atoms with Gasteiger partial charge in [0.25, 0.3) is 0 Å². The minimum absolute atomic E-state index is 0.00925. The molecular weight excluding hydrogens is 552 g/mol. The van der Waals surface area contributed by atoms with E-state index in [0.717, 1.165) is 30.6 Å². The summed E-state index contributed by atoms with van der Waals surface area (Å²) in [5.74, 6) is 0.204. The Morgan fingerprint density at radius 3 is 1.56 bits per heavy atom. The van der Waals surface area contributed by atoms with Crippen LogP contribution in [-0.4, -0.2) is 12.6 Å². The highest BCUT2D eigenvalue weighted by molar-refractivity contribution is 5.91. The van der Waals surface area contributed by atoms with Crippen LogP contribution >= 0.6 is 0 Å². The molecule has 3 rings (SSSR count). The van der Waals surface area contributed by atoms with Crippen LogP contribution in [0.25, 0.3) is 11.1 Å². The minimum atomic E-state index is -0.346. The van der Waals surface area contributed by atoms with Gasteiger partial charge in [-0.2, -0.15) is 0 Å². The predicted octanol–water partition coefficient (Wildman–Crippen LogP) is 12.9.